The first-order valence-electron chi connectivity index (χ1n) is 6.12. The van der Waals surface area contributed by atoms with E-state index in [-0.39, 0.29) is 24.6 Å². The van der Waals surface area contributed by atoms with Gasteiger partial charge in [0.1, 0.15) is 17.2 Å². The highest BCUT2D eigenvalue weighted by atomic mass is 32.2. The van der Waals surface area contributed by atoms with E-state index in [0.29, 0.717) is 18.0 Å². The molecule has 0 bridgehead atoms. The third-order valence-electron chi connectivity index (χ3n) is 2.44. The lowest BCUT2D eigenvalue weighted by atomic mass is 10.2. The van der Waals surface area contributed by atoms with Gasteiger partial charge in [-0.3, -0.25) is 0 Å². The molecule has 6 nitrogen and oxygen atoms in total. The average molecular weight is 285 g/mol. The smallest absolute Gasteiger partial charge is 0.220 e. The summed E-state index contributed by atoms with van der Waals surface area (Å²) in [5.41, 5.74) is 0.392. The normalized spacial score (nSPS) is 12.0. The lowest BCUT2D eigenvalue weighted by Gasteiger charge is -2.22. The van der Waals surface area contributed by atoms with E-state index in [0.717, 1.165) is 0 Å². The molecule has 7 heteroatoms. The van der Waals surface area contributed by atoms with Crippen LogP contribution in [-0.4, -0.2) is 31.0 Å². The molecule has 0 aliphatic rings. The molecule has 0 aliphatic carbocycles. The molecule has 19 heavy (non-hydrogen) atoms. The number of nitrogens with zero attached hydrogens (tertiary/aromatic N) is 3. The minimum absolute atomic E-state index is 0.184. The number of rotatable bonds is 7. The van der Waals surface area contributed by atoms with Gasteiger partial charge in [0.15, 0.2) is 0 Å². The molecule has 0 radical (unpaired) electrons. The molecular formula is C12H19N3O3S. The van der Waals surface area contributed by atoms with Gasteiger partial charge in [0.05, 0.1) is 6.07 Å². The van der Waals surface area contributed by atoms with Crippen LogP contribution in [0.3, 0.4) is 0 Å². The minimum Gasteiger partial charge on any atom is -0.361 e. The predicted octanol–water partition coefficient (Wildman–Crippen LogP) is 1.68. The van der Waals surface area contributed by atoms with Crippen molar-refractivity contribution < 1.29 is 12.9 Å². The zero-order valence-electron chi connectivity index (χ0n) is 11.5. The van der Waals surface area contributed by atoms with E-state index in [9.17, 15) is 8.42 Å². The molecule has 0 aliphatic heterocycles. The maximum absolute atomic E-state index is 12.3. The first-order chi connectivity index (χ1) is 8.85. The molecule has 0 saturated heterocycles. The zero-order valence-corrected chi connectivity index (χ0v) is 12.3. The molecule has 0 fully saturated rings. The maximum Gasteiger partial charge on any atom is 0.220 e. The number of aryl methyl sites for hydroxylation is 1. The second kappa shape index (κ2) is 6.68. The van der Waals surface area contributed by atoms with Crippen LogP contribution in [0.1, 0.15) is 31.7 Å². The van der Waals surface area contributed by atoms with Crippen molar-refractivity contribution in [2.45, 2.75) is 32.9 Å². The van der Waals surface area contributed by atoms with Crippen LogP contribution in [0.25, 0.3) is 0 Å². The number of nitriles is 1. The largest absolute Gasteiger partial charge is 0.361 e. The third-order valence-corrected chi connectivity index (χ3v) is 4.22. The maximum atomic E-state index is 12.3. The van der Waals surface area contributed by atoms with Crippen LogP contribution < -0.4 is 0 Å². The van der Waals surface area contributed by atoms with Crippen molar-refractivity contribution >= 4 is 10.0 Å². The summed E-state index contributed by atoms with van der Waals surface area (Å²) >= 11 is 0. The van der Waals surface area contributed by atoms with Crippen LogP contribution in [0.4, 0.5) is 0 Å². The highest BCUT2D eigenvalue weighted by Crippen LogP contribution is 2.13. The highest BCUT2D eigenvalue weighted by Gasteiger charge is 2.24. The van der Waals surface area contributed by atoms with Crippen molar-refractivity contribution in [2.24, 2.45) is 5.92 Å². The molecule has 1 aromatic rings. The molecular weight excluding hydrogens is 266 g/mol. The van der Waals surface area contributed by atoms with Crippen LogP contribution in [0.5, 0.6) is 0 Å². The zero-order chi connectivity index (χ0) is 14.5. The second-order valence-corrected chi connectivity index (χ2v) is 6.81. The molecule has 0 atom stereocenters. The van der Waals surface area contributed by atoms with Crippen molar-refractivity contribution in [3.8, 4) is 6.07 Å². The van der Waals surface area contributed by atoms with Gasteiger partial charge in [-0.2, -0.15) is 5.26 Å². The van der Waals surface area contributed by atoms with Gasteiger partial charge in [-0.05, 0) is 12.8 Å². The monoisotopic (exact) mass is 285 g/mol. The summed E-state index contributed by atoms with van der Waals surface area (Å²) < 4.78 is 30.8. The molecule has 0 amide bonds. The molecule has 0 aromatic carbocycles. The van der Waals surface area contributed by atoms with E-state index >= 15 is 0 Å². The second-order valence-electron chi connectivity index (χ2n) is 4.85. The van der Waals surface area contributed by atoms with Crippen LogP contribution in [-0.2, 0) is 15.8 Å². The Bertz CT molecular complexity index is 543. The molecule has 0 N–H and O–H groups in total. The number of sulfonamides is 1. The first-order valence-corrected chi connectivity index (χ1v) is 7.73. The number of hydrogen-bond acceptors (Lipinski definition) is 5. The van der Waals surface area contributed by atoms with E-state index < -0.39 is 10.0 Å². The van der Waals surface area contributed by atoms with E-state index in [4.69, 9.17) is 9.78 Å². The quantitative estimate of drug-likeness (QED) is 0.760. The first kappa shape index (κ1) is 15.7. The fourth-order valence-electron chi connectivity index (χ4n) is 1.69. The molecule has 1 rings (SSSR count). The van der Waals surface area contributed by atoms with E-state index in [1.54, 1.807) is 13.0 Å². The fraction of sp³-hybridized carbons (Fsp3) is 0.667. The van der Waals surface area contributed by atoms with Crippen molar-refractivity contribution in [1.82, 2.24) is 9.46 Å². The number of aromatic nitrogens is 1. The molecule has 0 unspecified atom stereocenters. The highest BCUT2D eigenvalue weighted by molar-refractivity contribution is 7.88. The van der Waals surface area contributed by atoms with Crippen molar-refractivity contribution in [2.75, 3.05) is 13.1 Å². The Morgan fingerprint density at radius 1 is 1.53 bits per heavy atom. The topological polar surface area (TPSA) is 87.2 Å². The van der Waals surface area contributed by atoms with Gasteiger partial charge in [0.25, 0.3) is 0 Å². The van der Waals surface area contributed by atoms with Gasteiger partial charge >= 0.3 is 0 Å². The van der Waals surface area contributed by atoms with Crippen LogP contribution in [0.15, 0.2) is 10.6 Å². The van der Waals surface area contributed by atoms with Gasteiger partial charge in [0, 0.05) is 25.6 Å². The molecule has 0 spiro atoms. The predicted molar refractivity (Wildman–Crippen MR) is 70.5 cm³/mol. The summed E-state index contributed by atoms with van der Waals surface area (Å²) in [6, 6.07) is 3.58. The van der Waals surface area contributed by atoms with Crippen LogP contribution >= 0.6 is 0 Å². The van der Waals surface area contributed by atoms with Crippen molar-refractivity contribution in [3.63, 3.8) is 0 Å². The van der Waals surface area contributed by atoms with Gasteiger partial charge in [-0.25, -0.2) is 12.7 Å². The Kier molecular flexibility index (Phi) is 5.51. The molecule has 1 heterocycles. The summed E-state index contributed by atoms with van der Waals surface area (Å²) in [6.45, 7) is 6.21. The number of hydrogen-bond donors (Lipinski definition) is 0. The van der Waals surface area contributed by atoms with Crippen LogP contribution in [0, 0.1) is 24.2 Å². The average Bonchev–Trinajstić information content (AvgIpc) is 2.68. The van der Waals surface area contributed by atoms with Gasteiger partial charge in [-0.1, -0.05) is 19.0 Å². The van der Waals surface area contributed by atoms with Crippen molar-refractivity contribution in [3.05, 3.63) is 17.5 Å². The Labute approximate surface area is 114 Å². The summed E-state index contributed by atoms with van der Waals surface area (Å²) in [6.07, 6.45) is 0.184. The molecule has 1 aromatic heterocycles. The molecule has 106 valence electrons. The lowest BCUT2D eigenvalue weighted by molar-refractivity contribution is 0.369. The van der Waals surface area contributed by atoms with Crippen LogP contribution in [0.2, 0.25) is 0 Å². The van der Waals surface area contributed by atoms with E-state index in [2.05, 4.69) is 5.16 Å². The summed E-state index contributed by atoms with van der Waals surface area (Å²) in [5, 5.41) is 12.3. The third kappa shape index (κ3) is 5.01. The Balaban J connectivity index is 2.83. The van der Waals surface area contributed by atoms with Gasteiger partial charge < -0.3 is 4.52 Å². The lowest BCUT2D eigenvalue weighted by Crippen LogP contribution is -2.35. The Hall–Kier alpha value is -1.39. The summed E-state index contributed by atoms with van der Waals surface area (Å²) in [7, 11) is -3.47. The van der Waals surface area contributed by atoms with E-state index in [1.165, 1.54) is 4.31 Å². The van der Waals surface area contributed by atoms with Gasteiger partial charge in [-0.15, -0.1) is 0 Å². The standard InChI is InChI=1S/C12H19N3O3S/c1-10(2)8-15(6-4-5-13)19(16,17)9-12-7-11(3)18-14-12/h7,10H,4,6,8-9H2,1-3H3. The van der Waals surface area contributed by atoms with Gasteiger partial charge in [0.2, 0.25) is 10.0 Å². The summed E-state index contributed by atoms with van der Waals surface area (Å²) in [5.74, 6) is 0.591. The fourth-order valence-corrected chi connectivity index (χ4v) is 3.28. The Morgan fingerprint density at radius 2 is 2.21 bits per heavy atom. The molecule has 0 saturated carbocycles. The Morgan fingerprint density at radius 3 is 2.68 bits per heavy atom. The van der Waals surface area contributed by atoms with Crippen molar-refractivity contribution in [1.29, 1.82) is 5.26 Å². The van der Waals surface area contributed by atoms with E-state index in [1.807, 2.05) is 19.9 Å². The summed E-state index contributed by atoms with van der Waals surface area (Å²) in [4.78, 5) is 0. The minimum atomic E-state index is -3.47. The SMILES string of the molecule is Cc1cc(CS(=O)(=O)N(CCC#N)CC(C)C)no1.